The fourth-order valence-corrected chi connectivity index (χ4v) is 6.55. The lowest BCUT2D eigenvalue weighted by atomic mass is 10.1. The number of para-hydroxylation sites is 4. The van der Waals surface area contributed by atoms with Crippen molar-refractivity contribution in [3.63, 3.8) is 0 Å². The Morgan fingerprint density at radius 1 is 0.652 bits per heavy atom. The van der Waals surface area contributed by atoms with Crippen LogP contribution in [0, 0.1) is 0 Å². The van der Waals surface area contributed by atoms with Crippen molar-refractivity contribution < 1.29 is 9.47 Å². The first-order valence-electron chi connectivity index (χ1n) is 15.3. The van der Waals surface area contributed by atoms with E-state index in [1.807, 2.05) is 54.6 Å². The van der Waals surface area contributed by atoms with Crippen LogP contribution in [0.3, 0.4) is 0 Å². The number of benzene rings is 5. The molecule has 2 aromatic heterocycles. The molecule has 0 aliphatic carbocycles. The highest BCUT2D eigenvalue weighted by molar-refractivity contribution is 6.10. The van der Waals surface area contributed by atoms with Crippen molar-refractivity contribution in [2.45, 2.75) is 0 Å². The standard InChI is InChI=1S/C39H29N5O2/c1-41-26-42(25-39(41)44-32-15-4-2-13-30(32)31-14-3-5-16-33(31)44)27-20-21-37-35(24-27)43(34-17-6-7-18-36(34)46-37)28-11-10-12-29(23-28)45-38-19-8-9-22-40-38/h2-25H,26H2,1H3. The maximum atomic E-state index is 6.44. The maximum absolute atomic E-state index is 6.44. The SMILES string of the molecule is CN1CN(c2ccc3c(c2)N(c2cccc(Oc4ccccn4)c2)c2ccccc2O3)C=C1n1c2ccccc2c2ccccc21. The van der Waals surface area contributed by atoms with Crippen LogP contribution in [0.2, 0.25) is 0 Å². The van der Waals surface area contributed by atoms with Gasteiger partial charge in [-0.25, -0.2) is 4.98 Å². The largest absolute Gasteiger partial charge is 0.453 e. The molecule has 4 heterocycles. The van der Waals surface area contributed by atoms with E-state index in [1.165, 1.54) is 21.8 Å². The zero-order valence-corrected chi connectivity index (χ0v) is 25.1. The number of rotatable bonds is 5. The lowest BCUT2D eigenvalue weighted by Crippen LogP contribution is -2.24. The molecule has 0 saturated carbocycles. The molecule has 0 spiro atoms. The predicted octanol–water partition coefficient (Wildman–Crippen LogP) is 9.72. The fraction of sp³-hybridized carbons (Fsp3) is 0.0513. The molecule has 2 aliphatic heterocycles. The van der Waals surface area contributed by atoms with Crippen LogP contribution in [0.15, 0.2) is 146 Å². The minimum absolute atomic E-state index is 0.550. The second-order valence-corrected chi connectivity index (χ2v) is 11.5. The number of anilines is 4. The maximum Gasteiger partial charge on any atom is 0.219 e. The molecule has 0 radical (unpaired) electrons. The van der Waals surface area contributed by atoms with E-state index in [0.717, 1.165) is 40.1 Å². The summed E-state index contributed by atoms with van der Waals surface area (Å²) in [5.74, 6) is 3.96. The number of aromatic nitrogens is 2. The molecule has 7 heteroatoms. The molecule has 2 aliphatic rings. The predicted molar refractivity (Wildman–Crippen MR) is 184 cm³/mol. The molecule has 0 fully saturated rings. The summed E-state index contributed by atoms with van der Waals surface area (Å²) in [6, 6.07) is 45.5. The summed E-state index contributed by atoms with van der Waals surface area (Å²) in [4.78, 5) is 11.2. The molecule has 0 bridgehead atoms. The Morgan fingerprint density at radius 2 is 1.39 bits per heavy atom. The first-order valence-corrected chi connectivity index (χ1v) is 15.3. The number of ether oxygens (including phenoxy) is 2. The lowest BCUT2D eigenvalue weighted by molar-refractivity contribution is 0.462. The van der Waals surface area contributed by atoms with Crippen molar-refractivity contribution in [1.29, 1.82) is 0 Å². The van der Waals surface area contributed by atoms with Gasteiger partial charge in [0, 0.05) is 48.0 Å². The van der Waals surface area contributed by atoms with Crippen LogP contribution in [0.5, 0.6) is 23.1 Å². The van der Waals surface area contributed by atoms with E-state index < -0.39 is 0 Å². The van der Waals surface area contributed by atoms with Gasteiger partial charge in [-0.2, -0.15) is 0 Å². The van der Waals surface area contributed by atoms with Gasteiger partial charge >= 0.3 is 0 Å². The van der Waals surface area contributed by atoms with E-state index in [9.17, 15) is 0 Å². The van der Waals surface area contributed by atoms with Gasteiger partial charge in [0.2, 0.25) is 5.88 Å². The van der Waals surface area contributed by atoms with Crippen molar-refractivity contribution >= 4 is 50.4 Å². The Morgan fingerprint density at radius 3 is 2.20 bits per heavy atom. The molecule has 0 amide bonds. The summed E-state index contributed by atoms with van der Waals surface area (Å²) in [7, 11) is 2.15. The summed E-state index contributed by atoms with van der Waals surface area (Å²) in [5.41, 5.74) is 6.32. The van der Waals surface area contributed by atoms with E-state index in [2.05, 4.69) is 116 Å². The van der Waals surface area contributed by atoms with Crippen LogP contribution in [-0.2, 0) is 0 Å². The van der Waals surface area contributed by atoms with Crippen LogP contribution in [0.25, 0.3) is 27.6 Å². The third kappa shape index (κ3) is 4.24. The first-order chi connectivity index (χ1) is 22.7. The average Bonchev–Trinajstić information content (AvgIpc) is 3.64. The molecule has 5 aromatic carbocycles. The Balaban J connectivity index is 1.13. The van der Waals surface area contributed by atoms with Gasteiger partial charge in [0.15, 0.2) is 11.5 Å². The lowest BCUT2D eigenvalue weighted by Gasteiger charge is -2.33. The molecule has 0 saturated heterocycles. The Hall–Kier alpha value is -6.21. The number of fused-ring (bicyclic) bond motifs is 5. The quantitative estimate of drug-likeness (QED) is 0.196. The number of nitrogens with zero attached hydrogens (tertiary/aromatic N) is 5. The Kier molecular flexibility index (Phi) is 5.96. The highest BCUT2D eigenvalue weighted by Gasteiger charge is 2.29. The number of pyridine rings is 1. The molecule has 7 aromatic rings. The molecule has 9 rings (SSSR count). The molecular weight excluding hydrogens is 570 g/mol. The molecular formula is C39H29N5O2. The van der Waals surface area contributed by atoms with Crippen LogP contribution >= 0.6 is 0 Å². The summed E-state index contributed by atoms with van der Waals surface area (Å²) < 4.78 is 14.9. The third-order valence-corrected chi connectivity index (χ3v) is 8.61. The summed E-state index contributed by atoms with van der Waals surface area (Å²) in [5, 5.41) is 2.50. The molecule has 0 atom stereocenters. The van der Waals surface area contributed by atoms with Gasteiger partial charge in [-0.1, -0.05) is 60.7 Å². The minimum Gasteiger partial charge on any atom is -0.453 e. The normalized spacial score (nSPS) is 13.8. The van der Waals surface area contributed by atoms with E-state index >= 15 is 0 Å². The zero-order chi connectivity index (χ0) is 30.6. The summed E-state index contributed by atoms with van der Waals surface area (Å²) in [6.45, 7) is 0.708. The van der Waals surface area contributed by atoms with Crippen LogP contribution < -0.4 is 19.3 Å². The minimum atomic E-state index is 0.550. The second kappa shape index (κ2) is 10.5. The van der Waals surface area contributed by atoms with Crippen molar-refractivity contribution in [1.82, 2.24) is 14.5 Å². The van der Waals surface area contributed by atoms with Crippen molar-refractivity contribution in [3.8, 4) is 23.1 Å². The number of hydrogen-bond acceptors (Lipinski definition) is 6. The average molecular weight is 600 g/mol. The molecule has 222 valence electrons. The summed E-state index contributed by atoms with van der Waals surface area (Å²) >= 11 is 0. The first kappa shape index (κ1) is 26.2. The van der Waals surface area contributed by atoms with Crippen LogP contribution in [0.1, 0.15) is 0 Å². The van der Waals surface area contributed by atoms with Crippen LogP contribution in [0.4, 0.5) is 22.7 Å². The smallest absolute Gasteiger partial charge is 0.219 e. The van der Waals surface area contributed by atoms with Crippen molar-refractivity contribution in [3.05, 3.63) is 146 Å². The Bertz CT molecular complexity index is 2240. The van der Waals surface area contributed by atoms with E-state index in [0.29, 0.717) is 18.3 Å². The monoisotopic (exact) mass is 599 g/mol. The van der Waals surface area contributed by atoms with Crippen LogP contribution in [-0.4, -0.2) is 28.2 Å². The Labute approximate surface area is 266 Å². The number of hydrogen-bond donors (Lipinski definition) is 0. The van der Waals surface area contributed by atoms with Crippen molar-refractivity contribution in [2.24, 2.45) is 0 Å². The van der Waals surface area contributed by atoms with E-state index in [-0.39, 0.29) is 0 Å². The van der Waals surface area contributed by atoms with E-state index in [1.54, 1.807) is 6.20 Å². The van der Waals surface area contributed by atoms with Gasteiger partial charge in [-0.3, -0.25) is 4.57 Å². The van der Waals surface area contributed by atoms with Gasteiger partial charge in [-0.05, 0) is 60.7 Å². The molecule has 46 heavy (non-hydrogen) atoms. The topological polar surface area (TPSA) is 46.0 Å². The molecule has 0 unspecified atom stereocenters. The summed E-state index contributed by atoms with van der Waals surface area (Å²) in [6.07, 6.45) is 3.97. The molecule has 7 nitrogen and oxygen atoms in total. The van der Waals surface area contributed by atoms with Gasteiger partial charge < -0.3 is 24.2 Å². The fourth-order valence-electron chi connectivity index (χ4n) is 6.55. The second-order valence-electron chi connectivity index (χ2n) is 11.5. The van der Waals surface area contributed by atoms with E-state index in [4.69, 9.17) is 9.47 Å². The molecule has 0 N–H and O–H groups in total. The zero-order valence-electron chi connectivity index (χ0n) is 25.1. The van der Waals surface area contributed by atoms with Gasteiger partial charge in [-0.15, -0.1) is 0 Å². The van der Waals surface area contributed by atoms with Gasteiger partial charge in [0.1, 0.15) is 11.6 Å². The highest BCUT2D eigenvalue weighted by Crippen LogP contribution is 2.52. The highest BCUT2D eigenvalue weighted by atomic mass is 16.5. The van der Waals surface area contributed by atoms with Gasteiger partial charge in [0.05, 0.1) is 34.8 Å². The van der Waals surface area contributed by atoms with Crippen molar-refractivity contribution in [2.75, 3.05) is 23.5 Å². The van der Waals surface area contributed by atoms with Gasteiger partial charge in [0.25, 0.3) is 0 Å². The third-order valence-electron chi connectivity index (χ3n) is 8.61.